The molecule has 1 saturated heterocycles. The number of rotatable bonds is 0. The average molecular weight is 248 g/mol. The highest BCUT2D eigenvalue weighted by atomic mass is 16.6. The van der Waals surface area contributed by atoms with Crippen molar-refractivity contribution in [2.45, 2.75) is 39.2 Å². The van der Waals surface area contributed by atoms with Crippen LogP contribution in [-0.4, -0.2) is 17.9 Å². The Bertz CT molecular complexity index is 425. The van der Waals surface area contributed by atoms with Gasteiger partial charge in [0.25, 0.3) is 0 Å². The van der Waals surface area contributed by atoms with Crippen molar-refractivity contribution >= 4 is 11.8 Å². The summed E-state index contributed by atoms with van der Waals surface area (Å²) in [5.41, 5.74) is 1.19. The van der Waals surface area contributed by atoms with Gasteiger partial charge in [0.1, 0.15) is 11.9 Å². The standard InChI is InChI=1S/C15H20O3/c1-7-4-5-10-8(2)15(17)18-14(10)13-9(3)12(16)6-11(7)13/h8-11,13-14H,1,4-6H2,2-3H3/t8-,9-,10+,11+,13+,14+/m1/s1. The molecule has 0 bridgehead atoms. The molecule has 0 aromatic rings. The molecular formula is C15H20O3. The predicted molar refractivity (Wildman–Crippen MR) is 66.7 cm³/mol. The average Bonchev–Trinajstić information content (AvgIpc) is 2.72. The fraction of sp³-hybridized carbons (Fsp3) is 0.733. The Morgan fingerprint density at radius 2 is 1.94 bits per heavy atom. The molecule has 3 rings (SSSR count). The zero-order valence-corrected chi connectivity index (χ0v) is 11.0. The van der Waals surface area contributed by atoms with Gasteiger partial charge in [0.15, 0.2) is 0 Å². The maximum atomic E-state index is 12.0. The largest absolute Gasteiger partial charge is 0.461 e. The van der Waals surface area contributed by atoms with Gasteiger partial charge in [-0.15, -0.1) is 0 Å². The predicted octanol–water partition coefficient (Wildman–Crippen LogP) is 2.36. The lowest BCUT2D eigenvalue weighted by Gasteiger charge is -2.28. The van der Waals surface area contributed by atoms with Crippen molar-refractivity contribution in [3.63, 3.8) is 0 Å². The summed E-state index contributed by atoms with van der Waals surface area (Å²) in [7, 11) is 0. The lowest BCUT2D eigenvalue weighted by atomic mass is 9.78. The molecular weight excluding hydrogens is 228 g/mol. The van der Waals surface area contributed by atoms with Crippen molar-refractivity contribution in [2.24, 2.45) is 29.6 Å². The second kappa shape index (κ2) is 3.94. The summed E-state index contributed by atoms with van der Waals surface area (Å²) in [5, 5.41) is 0. The molecule has 3 aliphatic rings. The normalized spacial score (nSPS) is 47.6. The van der Waals surface area contributed by atoms with Crippen LogP contribution in [0.3, 0.4) is 0 Å². The third-order valence-corrected chi connectivity index (χ3v) is 5.36. The van der Waals surface area contributed by atoms with Crippen LogP contribution in [0.15, 0.2) is 12.2 Å². The van der Waals surface area contributed by atoms with Gasteiger partial charge in [0.2, 0.25) is 0 Å². The summed E-state index contributed by atoms with van der Waals surface area (Å²) in [5.74, 6) is 0.898. The Kier molecular flexibility index (Phi) is 2.61. The molecule has 0 amide bonds. The molecule has 1 aliphatic heterocycles. The van der Waals surface area contributed by atoms with Crippen LogP contribution in [0.5, 0.6) is 0 Å². The zero-order chi connectivity index (χ0) is 13.0. The number of Topliss-reactive ketones (excluding diaryl/α,β-unsaturated/α-hetero) is 1. The van der Waals surface area contributed by atoms with E-state index in [1.165, 1.54) is 5.57 Å². The molecule has 2 saturated carbocycles. The van der Waals surface area contributed by atoms with E-state index in [-0.39, 0.29) is 41.7 Å². The molecule has 2 aliphatic carbocycles. The summed E-state index contributed by atoms with van der Waals surface area (Å²) in [6, 6.07) is 0. The highest BCUT2D eigenvalue weighted by molar-refractivity contribution is 5.84. The van der Waals surface area contributed by atoms with E-state index in [2.05, 4.69) is 6.58 Å². The quantitative estimate of drug-likeness (QED) is 0.488. The second-order valence-electron chi connectivity index (χ2n) is 6.19. The van der Waals surface area contributed by atoms with Crippen molar-refractivity contribution in [1.29, 1.82) is 0 Å². The minimum Gasteiger partial charge on any atom is -0.461 e. The molecule has 98 valence electrons. The number of ketones is 1. The first-order valence-corrected chi connectivity index (χ1v) is 6.91. The fourth-order valence-electron chi connectivity index (χ4n) is 4.14. The first-order chi connectivity index (χ1) is 8.50. The minimum absolute atomic E-state index is 0.00968. The highest BCUT2D eigenvalue weighted by Crippen LogP contribution is 2.51. The van der Waals surface area contributed by atoms with E-state index in [1.54, 1.807) is 0 Å². The molecule has 0 N–H and O–H groups in total. The number of esters is 1. The number of carbonyl (C=O) groups is 2. The van der Waals surface area contributed by atoms with Crippen LogP contribution in [0.25, 0.3) is 0 Å². The van der Waals surface area contributed by atoms with Crippen molar-refractivity contribution in [3.05, 3.63) is 12.2 Å². The molecule has 0 aromatic heterocycles. The van der Waals surface area contributed by atoms with Crippen LogP contribution in [0.1, 0.15) is 33.1 Å². The van der Waals surface area contributed by atoms with E-state index in [9.17, 15) is 9.59 Å². The van der Waals surface area contributed by atoms with Gasteiger partial charge < -0.3 is 4.74 Å². The Morgan fingerprint density at radius 1 is 1.22 bits per heavy atom. The van der Waals surface area contributed by atoms with E-state index in [1.807, 2.05) is 13.8 Å². The van der Waals surface area contributed by atoms with Gasteiger partial charge in [-0.05, 0) is 18.8 Å². The third kappa shape index (κ3) is 1.49. The summed E-state index contributed by atoms with van der Waals surface area (Å²) >= 11 is 0. The number of allylic oxidation sites excluding steroid dienone is 1. The van der Waals surface area contributed by atoms with Gasteiger partial charge in [-0.1, -0.05) is 26.0 Å². The first kappa shape index (κ1) is 11.9. The maximum Gasteiger partial charge on any atom is 0.309 e. The van der Waals surface area contributed by atoms with Crippen molar-refractivity contribution in [2.75, 3.05) is 0 Å². The molecule has 3 heteroatoms. The Balaban J connectivity index is 1.98. The maximum absolute atomic E-state index is 12.0. The van der Waals surface area contributed by atoms with E-state index in [0.29, 0.717) is 12.2 Å². The Labute approximate surface area is 108 Å². The molecule has 3 fully saturated rings. The molecule has 0 unspecified atom stereocenters. The topological polar surface area (TPSA) is 43.4 Å². The van der Waals surface area contributed by atoms with Crippen molar-refractivity contribution in [3.8, 4) is 0 Å². The van der Waals surface area contributed by atoms with E-state index in [4.69, 9.17) is 4.74 Å². The van der Waals surface area contributed by atoms with Gasteiger partial charge >= 0.3 is 5.97 Å². The van der Waals surface area contributed by atoms with Crippen molar-refractivity contribution < 1.29 is 14.3 Å². The number of carbonyl (C=O) groups excluding carboxylic acids is 2. The van der Waals surface area contributed by atoms with Crippen LogP contribution >= 0.6 is 0 Å². The van der Waals surface area contributed by atoms with Gasteiger partial charge in [-0.2, -0.15) is 0 Å². The molecule has 0 spiro atoms. The van der Waals surface area contributed by atoms with E-state index >= 15 is 0 Å². The second-order valence-corrected chi connectivity index (χ2v) is 6.19. The van der Waals surface area contributed by atoms with Crippen LogP contribution in [0.4, 0.5) is 0 Å². The van der Waals surface area contributed by atoms with Crippen LogP contribution in [0, 0.1) is 29.6 Å². The molecule has 18 heavy (non-hydrogen) atoms. The van der Waals surface area contributed by atoms with Gasteiger partial charge in [0.05, 0.1) is 5.92 Å². The summed E-state index contributed by atoms with van der Waals surface area (Å²) in [4.78, 5) is 23.7. The molecule has 0 aromatic carbocycles. The van der Waals surface area contributed by atoms with Crippen LogP contribution in [-0.2, 0) is 14.3 Å². The summed E-state index contributed by atoms with van der Waals surface area (Å²) < 4.78 is 5.61. The summed E-state index contributed by atoms with van der Waals surface area (Å²) in [6.07, 6.45) is 2.45. The van der Waals surface area contributed by atoms with E-state index in [0.717, 1.165) is 12.8 Å². The monoisotopic (exact) mass is 248 g/mol. The number of ether oxygens (including phenoxy) is 1. The van der Waals surface area contributed by atoms with Gasteiger partial charge in [0, 0.05) is 24.2 Å². The number of hydrogen-bond donors (Lipinski definition) is 0. The van der Waals surface area contributed by atoms with Crippen LogP contribution < -0.4 is 0 Å². The van der Waals surface area contributed by atoms with Gasteiger partial charge in [-0.25, -0.2) is 0 Å². The fourth-order valence-corrected chi connectivity index (χ4v) is 4.14. The molecule has 6 atom stereocenters. The van der Waals surface area contributed by atoms with Crippen LogP contribution in [0.2, 0.25) is 0 Å². The highest BCUT2D eigenvalue weighted by Gasteiger charge is 2.55. The SMILES string of the molecule is C=C1CC[C@@H]2[C@H](OC(=O)[C@@H]2C)[C@H]2[C@H](C)C(=O)C[C@@H]12. The van der Waals surface area contributed by atoms with E-state index < -0.39 is 0 Å². The molecule has 0 radical (unpaired) electrons. The Hall–Kier alpha value is -1.12. The zero-order valence-electron chi connectivity index (χ0n) is 11.0. The number of hydrogen-bond acceptors (Lipinski definition) is 3. The smallest absolute Gasteiger partial charge is 0.309 e. The first-order valence-electron chi connectivity index (χ1n) is 6.91. The minimum atomic E-state index is -0.0807. The third-order valence-electron chi connectivity index (χ3n) is 5.36. The lowest BCUT2D eigenvalue weighted by molar-refractivity contribution is -0.146. The number of fused-ring (bicyclic) bond motifs is 3. The Morgan fingerprint density at radius 3 is 2.67 bits per heavy atom. The van der Waals surface area contributed by atoms with Gasteiger partial charge in [-0.3, -0.25) is 9.59 Å². The summed E-state index contributed by atoms with van der Waals surface area (Å²) in [6.45, 7) is 8.11. The lowest BCUT2D eigenvalue weighted by Crippen LogP contribution is -2.32. The molecule has 1 heterocycles. The molecule has 3 nitrogen and oxygen atoms in total. The van der Waals surface area contributed by atoms with Crippen molar-refractivity contribution in [1.82, 2.24) is 0 Å².